The molecule has 0 N–H and O–H groups in total. The van der Waals surface area contributed by atoms with Gasteiger partial charge in [0.1, 0.15) is 0 Å². The van der Waals surface area contributed by atoms with E-state index in [9.17, 15) is 4.79 Å². The first-order valence-electron chi connectivity index (χ1n) is 9.60. The first-order valence-corrected chi connectivity index (χ1v) is 9.60. The third kappa shape index (κ3) is 3.62. The van der Waals surface area contributed by atoms with Gasteiger partial charge >= 0.3 is 7.12 Å². The second-order valence-electron chi connectivity index (χ2n) is 8.65. The molecular formula is C20H31BN2O3. The fraction of sp³-hybridized carbons (Fsp3) is 0.650. The number of anilines is 1. The molecule has 0 saturated carbocycles. The fourth-order valence-corrected chi connectivity index (χ4v) is 3.40. The summed E-state index contributed by atoms with van der Waals surface area (Å²) in [5, 5.41) is 0. The van der Waals surface area contributed by atoms with Crippen molar-refractivity contribution in [3.8, 4) is 0 Å². The summed E-state index contributed by atoms with van der Waals surface area (Å²) in [7, 11) is -0.344. The Morgan fingerprint density at radius 2 is 1.62 bits per heavy atom. The second-order valence-corrected chi connectivity index (χ2v) is 8.65. The topological polar surface area (TPSA) is 42.0 Å². The van der Waals surface area contributed by atoms with Crippen molar-refractivity contribution < 1.29 is 14.1 Å². The van der Waals surface area contributed by atoms with Gasteiger partial charge in [0.25, 0.3) is 0 Å². The van der Waals surface area contributed by atoms with Crippen LogP contribution in [0.4, 0.5) is 5.69 Å². The Bertz CT molecular complexity index is 651. The molecule has 5 nitrogen and oxygen atoms in total. The van der Waals surface area contributed by atoms with Gasteiger partial charge in [-0.3, -0.25) is 4.79 Å². The number of piperazine rings is 1. The summed E-state index contributed by atoms with van der Waals surface area (Å²) >= 11 is 0. The number of benzene rings is 1. The second kappa shape index (κ2) is 6.89. The van der Waals surface area contributed by atoms with Gasteiger partial charge in [0.2, 0.25) is 5.91 Å². The molecule has 6 heteroatoms. The van der Waals surface area contributed by atoms with Crippen LogP contribution in [0.2, 0.25) is 0 Å². The van der Waals surface area contributed by atoms with Crippen LogP contribution >= 0.6 is 0 Å². The molecule has 2 aliphatic rings. The van der Waals surface area contributed by atoms with E-state index < -0.39 is 0 Å². The highest BCUT2D eigenvalue weighted by Gasteiger charge is 2.51. The summed E-state index contributed by atoms with van der Waals surface area (Å²) in [5.74, 6) is 0.309. The molecule has 142 valence electrons. The van der Waals surface area contributed by atoms with E-state index in [-0.39, 0.29) is 30.1 Å². The Hall–Kier alpha value is -1.53. The molecule has 1 aromatic rings. The number of carbonyl (C=O) groups is 1. The van der Waals surface area contributed by atoms with Gasteiger partial charge in [-0.15, -0.1) is 0 Å². The quantitative estimate of drug-likeness (QED) is 0.778. The largest absolute Gasteiger partial charge is 0.494 e. The van der Waals surface area contributed by atoms with Gasteiger partial charge in [-0.1, -0.05) is 26.0 Å². The van der Waals surface area contributed by atoms with Crippen LogP contribution in [-0.4, -0.2) is 55.3 Å². The molecular weight excluding hydrogens is 327 g/mol. The summed E-state index contributed by atoms with van der Waals surface area (Å²) in [4.78, 5) is 16.5. The van der Waals surface area contributed by atoms with E-state index in [2.05, 4.69) is 56.9 Å². The van der Waals surface area contributed by atoms with E-state index in [0.29, 0.717) is 0 Å². The van der Waals surface area contributed by atoms with Crippen LogP contribution in [0.25, 0.3) is 0 Å². The Kier molecular flexibility index (Phi) is 5.10. The van der Waals surface area contributed by atoms with Crippen molar-refractivity contribution in [3.63, 3.8) is 0 Å². The number of rotatable bonds is 3. The van der Waals surface area contributed by atoms with Gasteiger partial charge in [-0.05, 0) is 45.3 Å². The maximum Gasteiger partial charge on any atom is 0.494 e. The maximum atomic E-state index is 12.2. The van der Waals surface area contributed by atoms with E-state index in [1.807, 2.05) is 18.7 Å². The Balaban J connectivity index is 1.69. The normalized spacial score (nSPS) is 22.2. The van der Waals surface area contributed by atoms with Crippen LogP contribution in [-0.2, 0) is 14.1 Å². The van der Waals surface area contributed by atoms with Crippen molar-refractivity contribution in [2.45, 2.75) is 52.7 Å². The van der Waals surface area contributed by atoms with E-state index in [4.69, 9.17) is 9.31 Å². The molecule has 0 unspecified atom stereocenters. The molecule has 2 saturated heterocycles. The predicted molar refractivity (Wildman–Crippen MR) is 106 cm³/mol. The van der Waals surface area contributed by atoms with Gasteiger partial charge in [-0.25, -0.2) is 0 Å². The highest BCUT2D eigenvalue weighted by Crippen LogP contribution is 2.36. The first kappa shape index (κ1) is 19.2. The molecule has 0 atom stereocenters. The van der Waals surface area contributed by atoms with Crippen molar-refractivity contribution in [2.75, 3.05) is 31.1 Å². The minimum absolute atomic E-state index is 0.0632. The molecule has 1 amide bonds. The third-order valence-corrected chi connectivity index (χ3v) is 5.85. The molecule has 2 aliphatic heterocycles. The summed E-state index contributed by atoms with van der Waals surface area (Å²) in [6.45, 7) is 15.5. The molecule has 1 aromatic carbocycles. The summed E-state index contributed by atoms with van der Waals surface area (Å²) in [5.41, 5.74) is 1.53. The van der Waals surface area contributed by atoms with E-state index >= 15 is 0 Å². The zero-order valence-electron chi connectivity index (χ0n) is 16.9. The highest BCUT2D eigenvalue weighted by molar-refractivity contribution is 6.62. The lowest BCUT2D eigenvalue weighted by atomic mass is 9.79. The molecule has 0 spiro atoms. The number of hydrogen-bond acceptors (Lipinski definition) is 4. The summed E-state index contributed by atoms with van der Waals surface area (Å²) in [6.07, 6.45) is 0. The number of amides is 1. The van der Waals surface area contributed by atoms with Crippen LogP contribution in [0.5, 0.6) is 0 Å². The lowest BCUT2D eigenvalue weighted by Gasteiger charge is -2.37. The maximum absolute atomic E-state index is 12.2. The van der Waals surface area contributed by atoms with E-state index in [1.54, 1.807) is 0 Å². The first-order chi connectivity index (χ1) is 12.1. The summed E-state index contributed by atoms with van der Waals surface area (Å²) in [6, 6.07) is 8.39. The SMILES string of the molecule is CC(C)C(=O)N1CCN(c2cccc(B3OC(C)(C)C(C)(C)O3)c2)CC1. The predicted octanol–water partition coefficient (Wildman–Crippen LogP) is 2.29. The van der Waals surface area contributed by atoms with Crippen molar-refractivity contribution >= 4 is 24.2 Å². The molecule has 26 heavy (non-hydrogen) atoms. The Morgan fingerprint density at radius 1 is 1.04 bits per heavy atom. The molecule has 0 aromatic heterocycles. The fourth-order valence-electron chi connectivity index (χ4n) is 3.40. The number of nitrogens with zero attached hydrogens (tertiary/aromatic N) is 2. The minimum Gasteiger partial charge on any atom is -0.399 e. The van der Waals surface area contributed by atoms with Gasteiger partial charge in [0.15, 0.2) is 0 Å². The lowest BCUT2D eigenvalue weighted by Crippen LogP contribution is -2.50. The van der Waals surface area contributed by atoms with Crippen LogP contribution in [0.3, 0.4) is 0 Å². The van der Waals surface area contributed by atoms with Crippen molar-refractivity contribution in [1.82, 2.24) is 4.90 Å². The van der Waals surface area contributed by atoms with E-state index in [1.165, 1.54) is 0 Å². The standard InChI is InChI=1S/C20H31BN2O3/c1-15(2)18(24)23-12-10-22(11-13-23)17-9-7-8-16(14-17)21-25-19(3,4)20(5,6)26-21/h7-9,14-15H,10-13H2,1-6H3. The Morgan fingerprint density at radius 3 is 2.15 bits per heavy atom. The van der Waals surface area contributed by atoms with Crippen LogP contribution in [0, 0.1) is 5.92 Å². The van der Waals surface area contributed by atoms with Crippen LogP contribution in [0.15, 0.2) is 24.3 Å². The third-order valence-electron chi connectivity index (χ3n) is 5.85. The molecule has 0 radical (unpaired) electrons. The van der Waals surface area contributed by atoms with Crippen LogP contribution in [0.1, 0.15) is 41.5 Å². The minimum atomic E-state index is -0.344. The van der Waals surface area contributed by atoms with Crippen LogP contribution < -0.4 is 10.4 Å². The lowest BCUT2D eigenvalue weighted by molar-refractivity contribution is -0.134. The molecule has 2 fully saturated rings. The van der Waals surface area contributed by atoms with Gasteiger partial charge in [0, 0.05) is 37.8 Å². The highest BCUT2D eigenvalue weighted by atomic mass is 16.7. The zero-order valence-corrected chi connectivity index (χ0v) is 16.9. The summed E-state index contributed by atoms with van der Waals surface area (Å²) < 4.78 is 12.3. The average Bonchev–Trinajstić information content (AvgIpc) is 2.82. The molecule has 0 aliphatic carbocycles. The van der Waals surface area contributed by atoms with Gasteiger partial charge in [0.05, 0.1) is 11.2 Å². The van der Waals surface area contributed by atoms with E-state index in [0.717, 1.165) is 37.3 Å². The van der Waals surface area contributed by atoms with Crippen molar-refractivity contribution in [3.05, 3.63) is 24.3 Å². The zero-order chi connectivity index (χ0) is 19.1. The van der Waals surface area contributed by atoms with Gasteiger partial charge < -0.3 is 19.1 Å². The van der Waals surface area contributed by atoms with Crippen molar-refractivity contribution in [1.29, 1.82) is 0 Å². The molecule has 0 bridgehead atoms. The molecule has 3 rings (SSSR count). The molecule has 2 heterocycles. The Labute approximate surface area is 157 Å². The number of carbonyl (C=O) groups excluding carboxylic acids is 1. The number of hydrogen-bond donors (Lipinski definition) is 0. The van der Waals surface area contributed by atoms with Gasteiger partial charge in [-0.2, -0.15) is 0 Å². The monoisotopic (exact) mass is 358 g/mol. The average molecular weight is 358 g/mol. The smallest absolute Gasteiger partial charge is 0.399 e. The van der Waals surface area contributed by atoms with Crippen molar-refractivity contribution in [2.24, 2.45) is 5.92 Å².